The number of aryl methyl sites for hydroxylation is 1. The first kappa shape index (κ1) is 17.4. The fourth-order valence-electron chi connectivity index (χ4n) is 1.85. The highest BCUT2D eigenvalue weighted by molar-refractivity contribution is 7.11. The maximum absolute atomic E-state index is 5.23. The van der Waals surface area contributed by atoms with Crippen molar-refractivity contribution in [3.8, 4) is 0 Å². The van der Waals surface area contributed by atoms with Gasteiger partial charge in [0.05, 0.1) is 6.54 Å². The van der Waals surface area contributed by atoms with E-state index in [1.807, 2.05) is 33.9 Å². The van der Waals surface area contributed by atoms with Crippen LogP contribution >= 0.6 is 11.3 Å². The molecule has 0 aliphatic carbocycles. The van der Waals surface area contributed by atoms with Crippen molar-refractivity contribution < 1.29 is 4.52 Å². The lowest BCUT2D eigenvalue weighted by Crippen LogP contribution is -2.38. The molecule has 7 nitrogen and oxygen atoms in total. The average Bonchev–Trinajstić information content (AvgIpc) is 3.14. The van der Waals surface area contributed by atoms with E-state index in [1.54, 1.807) is 11.3 Å². The molecule has 0 aliphatic heterocycles. The lowest BCUT2D eigenvalue weighted by atomic mass is 10.2. The van der Waals surface area contributed by atoms with E-state index in [-0.39, 0.29) is 5.92 Å². The van der Waals surface area contributed by atoms with Crippen LogP contribution in [-0.4, -0.2) is 34.2 Å². The Morgan fingerprint density at radius 1 is 1.39 bits per heavy atom. The van der Waals surface area contributed by atoms with Crippen LogP contribution in [0.1, 0.15) is 48.3 Å². The standard InChI is InChI=1S/C15H24N6OS/c1-5-16-15(19-9-13-18-8-11(4)23-13)17-7-6-12-20-14(10(2)3)21-22-12/h8,10H,5-7,9H2,1-4H3,(H2,16,17,19). The highest BCUT2D eigenvalue weighted by atomic mass is 32.1. The van der Waals surface area contributed by atoms with Gasteiger partial charge in [0, 0.05) is 36.5 Å². The number of aliphatic imine (C=N–C) groups is 1. The zero-order valence-corrected chi connectivity index (χ0v) is 14.9. The van der Waals surface area contributed by atoms with E-state index >= 15 is 0 Å². The number of hydrogen-bond acceptors (Lipinski definition) is 6. The van der Waals surface area contributed by atoms with E-state index in [1.165, 1.54) is 4.88 Å². The molecule has 0 radical (unpaired) electrons. The normalized spacial score (nSPS) is 12.0. The van der Waals surface area contributed by atoms with Crippen LogP contribution < -0.4 is 10.6 Å². The second-order valence-electron chi connectivity index (χ2n) is 5.44. The van der Waals surface area contributed by atoms with Gasteiger partial charge in [-0.1, -0.05) is 19.0 Å². The minimum absolute atomic E-state index is 0.279. The summed E-state index contributed by atoms with van der Waals surface area (Å²) in [7, 11) is 0. The Morgan fingerprint density at radius 3 is 2.83 bits per heavy atom. The predicted octanol–water partition coefficient (Wildman–Crippen LogP) is 2.26. The van der Waals surface area contributed by atoms with Gasteiger partial charge < -0.3 is 15.2 Å². The summed E-state index contributed by atoms with van der Waals surface area (Å²) in [5, 5.41) is 11.5. The summed E-state index contributed by atoms with van der Waals surface area (Å²) in [6.07, 6.45) is 2.54. The molecule has 0 atom stereocenters. The van der Waals surface area contributed by atoms with Crippen LogP contribution in [0.25, 0.3) is 0 Å². The number of hydrogen-bond donors (Lipinski definition) is 2. The van der Waals surface area contributed by atoms with Gasteiger partial charge in [-0.15, -0.1) is 11.3 Å². The van der Waals surface area contributed by atoms with Gasteiger partial charge >= 0.3 is 0 Å². The molecule has 0 fully saturated rings. The Bertz CT molecular complexity index is 633. The molecule has 0 spiro atoms. The monoisotopic (exact) mass is 336 g/mol. The molecule has 0 bridgehead atoms. The second kappa shape index (κ2) is 8.61. The number of aromatic nitrogens is 3. The number of rotatable bonds is 7. The number of guanidine groups is 1. The van der Waals surface area contributed by atoms with Gasteiger partial charge in [-0.25, -0.2) is 9.98 Å². The molecular weight excluding hydrogens is 312 g/mol. The summed E-state index contributed by atoms with van der Waals surface area (Å²) in [4.78, 5) is 14.4. The van der Waals surface area contributed by atoms with Crippen molar-refractivity contribution in [3.05, 3.63) is 27.8 Å². The maximum Gasteiger partial charge on any atom is 0.228 e. The summed E-state index contributed by atoms with van der Waals surface area (Å²) in [6.45, 7) is 10.2. The van der Waals surface area contributed by atoms with Crippen molar-refractivity contribution in [1.29, 1.82) is 0 Å². The summed E-state index contributed by atoms with van der Waals surface area (Å²) in [5.41, 5.74) is 0. The van der Waals surface area contributed by atoms with Gasteiger partial charge in [0.1, 0.15) is 5.01 Å². The Labute approximate surface area is 140 Å². The quantitative estimate of drug-likeness (QED) is 0.595. The molecule has 0 aromatic carbocycles. The molecule has 0 unspecified atom stereocenters. The van der Waals surface area contributed by atoms with Crippen molar-refractivity contribution in [2.24, 2.45) is 4.99 Å². The first-order valence-corrected chi connectivity index (χ1v) is 8.66. The fourth-order valence-corrected chi connectivity index (χ4v) is 2.57. The third kappa shape index (κ3) is 5.63. The lowest BCUT2D eigenvalue weighted by Gasteiger charge is -2.09. The number of nitrogens with one attached hydrogen (secondary N) is 2. The third-order valence-electron chi connectivity index (χ3n) is 3.02. The van der Waals surface area contributed by atoms with Gasteiger partial charge in [-0.3, -0.25) is 0 Å². The van der Waals surface area contributed by atoms with Crippen molar-refractivity contribution in [2.45, 2.75) is 46.6 Å². The Hall–Kier alpha value is -1.96. The lowest BCUT2D eigenvalue weighted by molar-refractivity contribution is 0.371. The Kier molecular flexibility index (Phi) is 6.52. The minimum atomic E-state index is 0.279. The van der Waals surface area contributed by atoms with Crippen LogP contribution in [0.15, 0.2) is 15.7 Å². The largest absolute Gasteiger partial charge is 0.357 e. The predicted molar refractivity (Wildman–Crippen MR) is 91.8 cm³/mol. The highest BCUT2D eigenvalue weighted by Gasteiger charge is 2.09. The molecule has 2 aromatic rings. The number of thiazole rings is 1. The molecule has 0 aliphatic rings. The topological polar surface area (TPSA) is 88.2 Å². The molecule has 2 N–H and O–H groups in total. The van der Waals surface area contributed by atoms with Gasteiger partial charge in [-0.2, -0.15) is 4.98 Å². The molecule has 23 heavy (non-hydrogen) atoms. The van der Waals surface area contributed by atoms with Crippen LogP contribution in [0.5, 0.6) is 0 Å². The SMILES string of the molecule is CCNC(=NCc1ncc(C)s1)NCCc1nc(C(C)C)no1. The van der Waals surface area contributed by atoms with Crippen molar-refractivity contribution >= 4 is 17.3 Å². The average molecular weight is 336 g/mol. The summed E-state index contributed by atoms with van der Waals surface area (Å²) >= 11 is 1.67. The Morgan fingerprint density at radius 2 is 2.22 bits per heavy atom. The van der Waals surface area contributed by atoms with E-state index in [4.69, 9.17) is 4.52 Å². The summed E-state index contributed by atoms with van der Waals surface area (Å²) in [5.74, 6) is 2.44. The summed E-state index contributed by atoms with van der Waals surface area (Å²) < 4.78 is 5.23. The first-order chi connectivity index (χ1) is 11.1. The highest BCUT2D eigenvalue weighted by Crippen LogP contribution is 2.12. The summed E-state index contributed by atoms with van der Waals surface area (Å²) in [6, 6.07) is 0. The van der Waals surface area contributed by atoms with E-state index in [0.717, 1.165) is 23.3 Å². The maximum atomic E-state index is 5.23. The fraction of sp³-hybridized carbons (Fsp3) is 0.600. The van der Waals surface area contributed by atoms with Crippen LogP contribution in [0.4, 0.5) is 0 Å². The second-order valence-corrected chi connectivity index (χ2v) is 6.76. The van der Waals surface area contributed by atoms with E-state index in [9.17, 15) is 0 Å². The molecular formula is C15H24N6OS. The van der Waals surface area contributed by atoms with E-state index in [2.05, 4.69) is 30.8 Å². The van der Waals surface area contributed by atoms with E-state index in [0.29, 0.717) is 25.4 Å². The molecule has 0 saturated carbocycles. The molecule has 0 amide bonds. The zero-order chi connectivity index (χ0) is 16.7. The van der Waals surface area contributed by atoms with Crippen LogP contribution in [0.3, 0.4) is 0 Å². The minimum Gasteiger partial charge on any atom is -0.357 e. The van der Waals surface area contributed by atoms with Crippen molar-refractivity contribution in [2.75, 3.05) is 13.1 Å². The van der Waals surface area contributed by atoms with E-state index < -0.39 is 0 Å². The van der Waals surface area contributed by atoms with Crippen molar-refractivity contribution in [3.63, 3.8) is 0 Å². The molecule has 0 saturated heterocycles. The molecule has 126 valence electrons. The van der Waals surface area contributed by atoms with Gasteiger partial charge in [0.25, 0.3) is 0 Å². The molecule has 2 rings (SSSR count). The van der Waals surface area contributed by atoms with Gasteiger partial charge in [-0.05, 0) is 13.8 Å². The van der Waals surface area contributed by atoms with Crippen LogP contribution in [0.2, 0.25) is 0 Å². The number of nitrogens with zero attached hydrogens (tertiary/aromatic N) is 4. The smallest absolute Gasteiger partial charge is 0.228 e. The van der Waals surface area contributed by atoms with Gasteiger partial charge in [0.15, 0.2) is 11.8 Å². The first-order valence-electron chi connectivity index (χ1n) is 7.84. The van der Waals surface area contributed by atoms with Crippen LogP contribution in [0, 0.1) is 6.92 Å². The van der Waals surface area contributed by atoms with Crippen molar-refractivity contribution in [1.82, 2.24) is 25.8 Å². The molecule has 8 heteroatoms. The third-order valence-corrected chi connectivity index (χ3v) is 3.91. The van der Waals surface area contributed by atoms with Gasteiger partial charge in [0.2, 0.25) is 5.89 Å². The molecule has 2 heterocycles. The molecule has 2 aromatic heterocycles. The Balaban J connectivity index is 1.83. The zero-order valence-electron chi connectivity index (χ0n) is 14.1. The van der Waals surface area contributed by atoms with Crippen LogP contribution in [-0.2, 0) is 13.0 Å².